The molecule has 0 saturated heterocycles. The van der Waals surface area contributed by atoms with Crippen LogP contribution in [0.5, 0.6) is 0 Å². The van der Waals surface area contributed by atoms with Crippen LogP contribution in [0.2, 0.25) is 0 Å². The lowest BCUT2D eigenvalue weighted by molar-refractivity contribution is 0.0730. The van der Waals surface area contributed by atoms with Gasteiger partial charge in [0.2, 0.25) is 0 Å². The molecule has 134 valence electrons. The van der Waals surface area contributed by atoms with Crippen LogP contribution in [0.3, 0.4) is 0 Å². The molecule has 0 spiro atoms. The maximum atomic E-state index is 12.8. The standard InChI is InChI=1S/C18H20BN3O4/c23-10-13-8-12(4-5-15(13)19(25)26)18(24)21-7-6-17-16(9-21)20-11-22(17)14-2-1-3-14/h4-5,8,10-11,14,25-26H,1-3,6-7,9H2. The summed E-state index contributed by atoms with van der Waals surface area (Å²) in [6.07, 6.45) is 6.85. The third kappa shape index (κ3) is 2.85. The molecular formula is C18H20BN3O4. The van der Waals surface area contributed by atoms with Gasteiger partial charge in [-0.1, -0.05) is 6.07 Å². The molecule has 2 aromatic rings. The molecular weight excluding hydrogens is 333 g/mol. The quantitative estimate of drug-likeness (QED) is 0.609. The van der Waals surface area contributed by atoms with Gasteiger partial charge >= 0.3 is 7.12 Å². The lowest BCUT2D eigenvalue weighted by atomic mass is 9.76. The summed E-state index contributed by atoms with van der Waals surface area (Å²) in [4.78, 5) is 30.2. The Kier molecular flexibility index (Phi) is 4.38. The minimum absolute atomic E-state index is 0.0942. The predicted molar refractivity (Wildman–Crippen MR) is 95.2 cm³/mol. The first-order chi connectivity index (χ1) is 12.6. The van der Waals surface area contributed by atoms with Gasteiger partial charge in [-0.05, 0) is 36.9 Å². The largest absolute Gasteiger partial charge is 0.489 e. The van der Waals surface area contributed by atoms with Gasteiger partial charge in [0.25, 0.3) is 5.91 Å². The van der Waals surface area contributed by atoms with Crippen molar-refractivity contribution in [2.24, 2.45) is 0 Å². The summed E-state index contributed by atoms with van der Waals surface area (Å²) in [5.41, 5.74) is 2.73. The summed E-state index contributed by atoms with van der Waals surface area (Å²) in [5.74, 6) is -0.184. The van der Waals surface area contributed by atoms with Crippen LogP contribution < -0.4 is 5.46 Å². The number of fused-ring (bicyclic) bond motifs is 1. The maximum absolute atomic E-state index is 12.8. The molecule has 7 nitrogen and oxygen atoms in total. The SMILES string of the molecule is O=Cc1cc(C(=O)N2CCc3c(ncn3C3CCC3)C2)ccc1B(O)O. The Labute approximate surface area is 151 Å². The number of benzene rings is 1. The smallest absolute Gasteiger partial charge is 0.423 e. The van der Waals surface area contributed by atoms with Gasteiger partial charge in [-0.3, -0.25) is 9.59 Å². The van der Waals surface area contributed by atoms with Crippen molar-refractivity contribution in [1.82, 2.24) is 14.5 Å². The average molecular weight is 353 g/mol. The van der Waals surface area contributed by atoms with Gasteiger partial charge < -0.3 is 19.5 Å². The van der Waals surface area contributed by atoms with Crippen LogP contribution in [0.25, 0.3) is 0 Å². The lowest BCUT2D eigenvalue weighted by Gasteiger charge is -2.32. The van der Waals surface area contributed by atoms with E-state index in [0.717, 1.165) is 12.1 Å². The van der Waals surface area contributed by atoms with E-state index in [-0.39, 0.29) is 16.9 Å². The molecule has 1 saturated carbocycles. The van der Waals surface area contributed by atoms with Gasteiger partial charge in [-0.15, -0.1) is 0 Å². The minimum atomic E-state index is -1.74. The third-order valence-electron chi connectivity index (χ3n) is 5.44. The van der Waals surface area contributed by atoms with Gasteiger partial charge in [0.1, 0.15) is 6.29 Å². The lowest BCUT2D eigenvalue weighted by Crippen LogP contribution is -2.38. The molecule has 1 aromatic heterocycles. The van der Waals surface area contributed by atoms with Crippen molar-refractivity contribution in [3.63, 3.8) is 0 Å². The molecule has 1 amide bonds. The zero-order valence-corrected chi connectivity index (χ0v) is 14.3. The highest BCUT2D eigenvalue weighted by atomic mass is 16.4. The molecule has 1 aliphatic heterocycles. The Morgan fingerprint density at radius 3 is 2.77 bits per heavy atom. The molecule has 8 heteroatoms. The molecule has 2 aliphatic rings. The summed E-state index contributed by atoms with van der Waals surface area (Å²) in [6.45, 7) is 1.06. The summed E-state index contributed by atoms with van der Waals surface area (Å²) < 4.78 is 2.27. The van der Waals surface area contributed by atoms with E-state index < -0.39 is 7.12 Å². The van der Waals surface area contributed by atoms with Gasteiger partial charge in [0.05, 0.1) is 18.6 Å². The molecule has 1 aliphatic carbocycles. The topological polar surface area (TPSA) is 95.7 Å². The van der Waals surface area contributed by atoms with Gasteiger partial charge in [-0.25, -0.2) is 4.98 Å². The van der Waals surface area contributed by atoms with E-state index in [4.69, 9.17) is 0 Å². The number of aromatic nitrogens is 2. The Bertz CT molecular complexity index is 860. The van der Waals surface area contributed by atoms with E-state index in [1.807, 2.05) is 6.33 Å². The summed E-state index contributed by atoms with van der Waals surface area (Å²) in [6, 6.07) is 4.89. The number of hydrogen-bond donors (Lipinski definition) is 2. The van der Waals surface area contributed by atoms with Crippen molar-refractivity contribution >= 4 is 24.8 Å². The fourth-order valence-electron chi connectivity index (χ4n) is 3.71. The molecule has 4 rings (SSSR count). The number of rotatable bonds is 4. The Hall–Kier alpha value is -2.45. The highest BCUT2D eigenvalue weighted by Gasteiger charge is 2.29. The van der Waals surface area contributed by atoms with E-state index in [9.17, 15) is 19.6 Å². The highest BCUT2D eigenvalue weighted by Crippen LogP contribution is 2.34. The monoisotopic (exact) mass is 353 g/mol. The fraction of sp³-hybridized carbons (Fsp3) is 0.389. The second-order valence-corrected chi connectivity index (χ2v) is 6.94. The number of carbonyl (C=O) groups excluding carboxylic acids is 2. The van der Waals surface area contributed by atoms with Crippen molar-refractivity contribution in [1.29, 1.82) is 0 Å². The van der Waals surface area contributed by atoms with Gasteiger partial charge in [0, 0.05) is 35.8 Å². The second kappa shape index (κ2) is 6.70. The van der Waals surface area contributed by atoms with Crippen molar-refractivity contribution < 1.29 is 19.6 Å². The van der Waals surface area contributed by atoms with E-state index >= 15 is 0 Å². The number of hydrogen-bond acceptors (Lipinski definition) is 5. The van der Waals surface area contributed by atoms with Gasteiger partial charge in [-0.2, -0.15) is 0 Å². The van der Waals surface area contributed by atoms with Crippen LogP contribution >= 0.6 is 0 Å². The van der Waals surface area contributed by atoms with Crippen LogP contribution in [0, 0.1) is 0 Å². The highest BCUT2D eigenvalue weighted by molar-refractivity contribution is 6.60. The van der Waals surface area contributed by atoms with Crippen molar-refractivity contribution in [3.8, 4) is 0 Å². The minimum Gasteiger partial charge on any atom is -0.423 e. The normalized spacial score (nSPS) is 16.8. The van der Waals surface area contributed by atoms with Crippen molar-refractivity contribution in [2.45, 2.75) is 38.3 Å². The van der Waals surface area contributed by atoms with Gasteiger partial charge in [0.15, 0.2) is 0 Å². The predicted octanol–water partition coefficient (Wildman–Crippen LogP) is 0.299. The third-order valence-corrected chi connectivity index (χ3v) is 5.44. The van der Waals surface area contributed by atoms with E-state index in [1.165, 1.54) is 43.2 Å². The fourth-order valence-corrected chi connectivity index (χ4v) is 3.71. The van der Waals surface area contributed by atoms with Crippen LogP contribution in [-0.2, 0) is 13.0 Å². The number of nitrogens with zero attached hydrogens (tertiary/aromatic N) is 3. The van der Waals surface area contributed by atoms with E-state index in [0.29, 0.717) is 31.0 Å². The molecule has 0 atom stereocenters. The van der Waals surface area contributed by atoms with Crippen LogP contribution in [0.15, 0.2) is 24.5 Å². The first-order valence-electron chi connectivity index (χ1n) is 8.87. The molecule has 0 unspecified atom stereocenters. The summed E-state index contributed by atoms with van der Waals surface area (Å²) in [5, 5.41) is 18.6. The Balaban J connectivity index is 1.54. The van der Waals surface area contributed by atoms with Crippen LogP contribution in [-0.4, -0.2) is 50.4 Å². The van der Waals surface area contributed by atoms with E-state index in [1.54, 1.807) is 4.90 Å². The Morgan fingerprint density at radius 1 is 1.31 bits per heavy atom. The zero-order chi connectivity index (χ0) is 18.3. The van der Waals surface area contributed by atoms with E-state index in [2.05, 4.69) is 9.55 Å². The number of carbonyl (C=O) groups is 2. The number of imidazole rings is 1. The Morgan fingerprint density at radius 2 is 2.12 bits per heavy atom. The molecule has 0 radical (unpaired) electrons. The molecule has 1 aromatic carbocycles. The average Bonchev–Trinajstić information content (AvgIpc) is 3.01. The summed E-state index contributed by atoms with van der Waals surface area (Å²) >= 11 is 0. The first-order valence-corrected chi connectivity index (χ1v) is 8.87. The maximum Gasteiger partial charge on any atom is 0.489 e. The van der Waals surface area contributed by atoms with Crippen LogP contribution in [0.4, 0.5) is 0 Å². The molecule has 0 bridgehead atoms. The van der Waals surface area contributed by atoms with Crippen molar-refractivity contribution in [3.05, 3.63) is 47.0 Å². The second-order valence-electron chi connectivity index (χ2n) is 6.94. The molecule has 2 heterocycles. The molecule has 2 N–H and O–H groups in total. The van der Waals surface area contributed by atoms with Crippen LogP contribution in [0.1, 0.15) is 57.4 Å². The summed E-state index contributed by atoms with van der Waals surface area (Å²) in [7, 11) is -1.74. The molecule has 26 heavy (non-hydrogen) atoms. The number of aldehydes is 1. The first kappa shape index (κ1) is 17.0. The molecule has 1 fully saturated rings. The van der Waals surface area contributed by atoms with Crippen molar-refractivity contribution in [2.75, 3.05) is 6.54 Å². The zero-order valence-electron chi connectivity index (χ0n) is 14.3. The number of amides is 1.